The highest BCUT2D eigenvalue weighted by Gasteiger charge is 2.52. The molecule has 33 heavy (non-hydrogen) atoms. The van der Waals surface area contributed by atoms with Crippen LogP contribution in [0.2, 0.25) is 0 Å². The van der Waals surface area contributed by atoms with Crippen molar-refractivity contribution in [2.45, 2.75) is 37.3 Å². The maximum Gasteiger partial charge on any atom is 0.387 e. The number of carbonyl (C=O) groups is 4. The monoisotopic (exact) mass is 497 g/mol. The number of fused-ring (bicyclic) bond motifs is 1. The van der Waals surface area contributed by atoms with E-state index in [4.69, 9.17) is 0 Å². The number of hydrogen-bond donors (Lipinski definition) is 1. The summed E-state index contributed by atoms with van der Waals surface area (Å²) >= 11 is 2.36. The summed E-state index contributed by atoms with van der Waals surface area (Å²) in [6, 6.07) is 5.13. The molecule has 0 saturated carbocycles. The van der Waals surface area contributed by atoms with Crippen LogP contribution in [-0.2, 0) is 14.4 Å². The minimum atomic E-state index is -2.93. The fourth-order valence-electron chi connectivity index (χ4n) is 4.01. The average Bonchev–Trinajstić information content (AvgIpc) is 3.35. The van der Waals surface area contributed by atoms with Crippen LogP contribution in [0.3, 0.4) is 0 Å². The second-order valence-corrected chi connectivity index (χ2v) is 10.3. The second-order valence-electron chi connectivity index (χ2n) is 7.84. The lowest BCUT2D eigenvalue weighted by Crippen LogP contribution is -2.51. The van der Waals surface area contributed by atoms with Crippen LogP contribution < -0.4 is 10.1 Å². The number of ether oxygens (including phenoxy) is 1. The fourth-order valence-corrected chi connectivity index (χ4v) is 6.31. The van der Waals surface area contributed by atoms with E-state index in [1.807, 2.05) is 6.92 Å². The first-order valence-corrected chi connectivity index (χ1v) is 12.0. The average molecular weight is 498 g/mol. The number of amides is 4. The molecule has 8 nitrogen and oxygen atoms in total. The number of alkyl halides is 2. The number of nitrogens with one attached hydrogen (secondary N) is 1. The van der Waals surface area contributed by atoms with E-state index in [0.717, 1.165) is 16.7 Å². The van der Waals surface area contributed by atoms with Gasteiger partial charge in [-0.1, -0.05) is 12.1 Å². The Balaban J connectivity index is 1.32. The number of carbonyl (C=O) groups excluding carboxylic acids is 4. The summed E-state index contributed by atoms with van der Waals surface area (Å²) in [5.74, 6) is -0.324. The Hall–Kier alpha value is -2.60. The predicted molar refractivity (Wildman–Crippen MR) is 119 cm³/mol. The number of imide groups is 1. The molecule has 0 aromatic heterocycles. The molecule has 1 aromatic rings. The minimum Gasteiger partial charge on any atom is -0.435 e. The second kappa shape index (κ2) is 9.34. The molecule has 4 rings (SSSR count). The highest BCUT2D eigenvalue weighted by molar-refractivity contribution is 8.18. The van der Waals surface area contributed by atoms with Gasteiger partial charge in [0.25, 0.3) is 11.1 Å². The molecule has 3 saturated heterocycles. The Morgan fingerprint density at radius 1 is 1.30 bits per heavy atom. The molecule has 3 aliphatic heterocycles. The van der Waals surface area contributed by atoms with Gasteiger partial charge in [-0.15, -0.1) is 11.8 Å². The van der Waals surface area contributed by atoms with Gasteiger partial charge in [-0.25, -0.2) is 0 Å². The van der Waals surface area contributed by atoms with Crippen LogP contribution in [0.1, 0.15) is 25.3 Å². The van der Waals surface area contributed by atoms with Crippen LogP contribution in [0, 0.1) is 0 Å². The van der Waals surface area contributed by atoms with Gasteiger partial charge in [0.2, 0.25) is 11.8 Å². The molecule has 3 heterocycles. The number of nitrogens with zero attached hydrogens (tertiary/aromatic N) is 2. The van der Waals surface area contributed by atoms with Gasteiger partial charge in [-0.05, 0) is 48.9 Å². The summed E-state index contributed by atoms with van der Waals surface area (Å²) < 4.78 is 28.8. The summed E-state index contributed by atoms with van der Waals surface area (Å²) in [5.41, 5.74) is 0.549. The Kier molecular flexibility index (Phi) is 6.66. The number of hydrogen-bond acceptors (Lipinski definition) is 7. The molecule has 1 aromatic carbocycles. The Labute approximate surface area is 197 Å². The minimum absolute atomic E-state index is 0.00000985. The van der Waals surface area contributed by atoms with E-state index in [1.54, 1.807) is 16.7 Å². The van der Waals surface area contributed by atoms with E-state index in [1.165, 1.54) is 30.3 Å². The molecule has 4 amide bonds. The Morgan fingerprint density at radius 2 is 2.03 bits per heavy atom. The third-order valence-electron chi connectivity index (χ3n) is 5.66. The highest BCUT2D eigenvalue weighted by atomic mass is 32.2. The lowest BCUT2D eigenvalue weighted by molar-refractivity contribution is -0.137. The molecule has 0 aliphatic carbocycles. The smallest absolute Gasteiger partial charge is 0.387 e. The van der Waals surface area contributed by atoms with Crippen LogP contribution in [0.4, 0.5) is 13.6 Å². The van der Waals surface area contributed by atoms with Crippen molar-refractivity contribution in [1.82, 2.24) is 15.1 Å². The van der Waals surface area contributed by atoms with E-state index in [2.05, 4.69) is 10.1 Å². The molecule has 1 N–H and O–H groups in total. The van der Waals surface area contributed by atoms with Gasteiger partial charge in [-0.3, -0.25) is 24.1 Å². The summed E-state index contributed by atoms with van der Waals surface area (Å²) in [4.78, 5) is 52.3. The van der Waals surface area contributed by atoms with Crippen molar-refractivity contribution in [3.8, 4) is 5.75 Å². The van der Waals surface area contributed by atoms with Gasteiger partial charge in [0.15, 0.2) is 0 Å². The quantitative estimate of drug-likeness (QED) is 0.579. The van der Waals surface area contributed by atoms with Crippen LogP contribution >= 0.6 is 23.5 Å². The van der Waals surface area contributed by atoms with Crippen molar-refractivity contribution in [2.24, 2.45) is 0 Å². The Morgan fingerprint density at radius 3 is 2.73 bits per heavy atom. The molecular formula is C21H21F2N3O5S2. The van der Waals surface area contributed by atoms with Crippen molar-refractivity contribution in [2.75, 3.05) is 18.8 Å². The predicted octanol–water partition coefficient (Wildman–Crippen LogP) is 2.89. The summed E-state index contributed by atoms with van der Waals surface area (Å²) in [5, 5.41) is 2.27. The first-order chi connectivity index (χ1) is 15.7. The summed E-state index contributed by atoms with van der Waals surface area (Å²) in [6.45, 7) is -0.897. The molecule has 0 spiro atoms. The number of rotatable bonds is 7. The van der Waals surface area contributed by atoms with Gasteiger partial charge >= 0.3 is 6.61 Å². The standard InChI is InChI=1S/C21H21F2N3O5S2/c1-21-7-6-16(27)26(21)14(11-32-21)17(28)24-8-9-25-18(29)15(33-20(25)30)10-12-2-4-13(5-3-12)31-19(22)23/h2-5,10,14,19H,6-9,11H2,1H3,(H,24,28)/b15-10-/t14-,21-/m1/s1. The van der Waals surface area contributed by atoms with Crippen molar-refractivity contribution in [3.05, 3.63) is 34.7 Å². The third-order valence-corrected chi connectivity index (χ3v) is 8.07. The van der Waals surface area contributed by atoms with Crippen molar-refractivity contribution >= 4 is 52.6 Å². The maximum absolute atomic E-state index is 12.6. The molecule has 0 radical (unpaired) electrons. The first-order valence-electron chi connectivity index (χ1n) is 10.2. The molecule has 0 unspecified atom stereocenters. The molecule has 3 fully saturated rings. The summed E-state index contributed by atoms with van der Waals surface area (Å²) in [7, 11) is 0. The zero-order valence-electron chi connectivity index (χ0n) is 17.6. The van der Waals surface area contributed by atoms with Crippen LogP contribution in [0.5, 0.6) is 5.75 Å². The lowest BCUT2D eigenvalue weighted by Gasteiger charge is -2.29. The summed E-state index contributed by atoms with van der Waals surface area (Å²) in [6.07, 6.45) is 2.63. The molecule has 176 valence electrons. The van der Waals surface area contributed by atoms with E-state index in [9.17, 15) is 28.0 Å². The van der Waals surface area contributed by atoms with Crippen molar-refractivity contribution in [3.63, 3.8) is 0 Å². The molecule has 12 heteroatoms. The molecular weight excluding hydrogens is 476 g/mol. The van der Waals surface area contributed by atoms with Gasteiger partial charge < -0.3 is 15.0 Å². The fraction of sp³-hybridized carbons (Fsp3) is 0.429. The van der Waals surface area contributed by atoms with Crippen molar-refractivity contribution in [1.29, 1.82) is 0 Å². The van der Waals surface area contributed by atoms with Gasteiger partial charge in [0, 0.05) is 25.3 Å². The Bertz CT molecular complexity index is 1020. The maximum atomic E-state index is 12.6. The number of thioether (sulfide) groups is 2. The third kappa shape index (κ3) is 4.86. The zero-order valence-corrected chi connectivity index (χ0v) is 19.2. The molecule has 2 atom stereocenters. The van der Waals surface area contributed by atoms with E-state index in [0.29, 0.717) is 24.2 Å². The first kappa shape index (κ1) is 23.6. The van der Waals surface area contributed by atoms with Crippen LogP contribution in [0.25, 0.3) is 6.08 Å². The lowest BCUT2D eigenvalue weighted by atomic mass is 10.2. The molecule has 3 aliphatic rings. The van der Waals surface area contributed by atoms with E-state index >= 15 is 0 Å². The van der Waals surface area contributed by atoms with Crippen LogP contribution in [-0.4, -0.2) is 69.1 Å². The largest absolute Gasteiger partial charge is 0.435 e. The number of halogens is 2. The molecule has 0 bridgehead atoms. The van der Waals surface area contributed by atoms with E-state index in [-0.39, 0.29) is 40.4 Å². The number of benzene rings is 1. The van der Waals surface area contributed by atoms with Gasteiger partial charge in [0.05, 0.1) is 9.78 Å². The van der Waals surface area contributed by atoms with E-state index < -0.39 is 23.8 Å². The SMILES string of the molecule is C[C@@]12CCC(=O)N1[C@@H](C(=O)NCCN1C(=O)S/C(=C\c3ccc(OC(F)F)cc3)C1=O)CS2. The van der Waals surface area contributed by atoms with Crippen LogP contribution in [0.15, 0.2) is 29.2 Å². The highest BCUT2D eigenvalue weighted by Crippen LogP contribution is 2.47. The normalized spacial score (nSPS) is 26.0. The van der Waals surface area contributed by atoms with Gasteiger partial charge in [-0.2, -0.15) is 8.78 Å². The zero-order chi connectivity index (χ0) is 23.8. The van der Waals surface area contributed by atoms with Gasteiger partial charge in [0.1, 0.15) is 11.8 Å². The van der Waals surface area contributed by atoms with Crippen molar-refractivity contribution < 1.29 is 32.7 Å². The topological polar surface area (TPSA) is 96.0 Å².